The molecule has 25 heavy (non-hydrogen) atoms. The van der Waals surface area contributed by atoms with E-state index in [9.17, 15) is 13.2 Å². The van der Waals surface area contributed by atoms with Crippen LogP contribution in [0.1, 0.15) is 36.4 Å². The van der Waals surface area contributed by atoms with Crippen LogP contribution in [-0.2, 0) is 12.6 Å². The van der Waals surface area contributed by atoms with E-state index in [1.165, 1.54) is 12.8 Å². The lowest BCUT2D eigenvalue weighted by Crippen LogP contribution is -2.49. The van der Waals surface area contributed by atoms with Gasteiger partial charge >= 0.3 is 6.18 Å². The molecule has 0 bridgehead atoms. The fraction of sp³-hybridized carbons (Fsp3) is 0.750. The number of guanidine groups is 1. The van der Waals surface area contributed by atoms with Crippen molar-refractivity contribution in [2.24, 2.45) is 4.99 Å². The average Bonchev–Trinajstić information content (AvgIpc) is 3.31. The lowest BCUT2D eigenvalue weighted by molar-refractivity contribution is -0.140. The molecular weight excluding hydrogens is 351 g/mol. The number of alkyl halides is 3. The second kappa shape index (κ2) is 7.90. The van der Waals surface area contributed by atoms with Crippen LogP contribution in [0.5, 0.6) is 0 Å². The first-order chi connectivity index (χ1) is 12.0. The van der Waals surface area contributed by atoms with E-state index in [-0.39, 0.29) is 0 Å². The van der Waals surface area contributed by atoms with E-state index in [1.54, 1.807) is 7.05 Å². The molecule has 0 radical (unpaired) electrons. The lowest BCUT2D eigenvalue weighted by atomic mass is 10.1. The van der Waals surface area contributed by atoms with Crippen molar-refractivity contribution in [3.63, 3.8) is 0 Å². The van der Waals surface area contributed by atoms with Crippen LogP contribution in [0, 0.1) is 0 Å². The third kappa shape index (κ3) is 5.31. The summed E-state index contributed by atoms with van der Waals surface area (Å²) in [7, 11) is 1.71. The highest BCUT2D eigenvalue weighted by atomic mass is 32.1. The Labute approximate surface area is 149 Å². The Hall–Kier alpha value is -1.35. The van der Waals surface area contributed by atoms with Gasteiger partial charge in [-0.1, -0.05) is 0 Å². The maximum absolute atomic E-state index is 12.5. The van der Waals surface area contributed by atoms with Crippen LogP contribution < -0.4 is 10.6 Å². The first kappa shape index (κ1) is 18.4. The number of nitrogens with zero attached hydrogens (tertiary/aromatic N) is 3. The monoisotopic (exact) mass is 375 g/mol. The summed E-state index contributed by atoms with van der Waals surface area (Å²) in [5.41, 5.74) is -0.808. The van der Waals surface area contributed by atoms with Gasteiger partial charge in [0.05, 0.1) is 5.01 Å². The molecule has 9 heteroatoms. The van der Waals surface area contributed by atoms with Gasteiger partial charge in [-0.05, 0) is 25.7 Å². The summed E-state index contributed by atoms with van der Waals surface area (Å²) in [6, 6.07) is 1.22. The van der Waals surface area contributed by atoms with E-state index >= 15 is 0 Å². The smallest absolute Gasteiger partial charge is 0.356 e. The van der Waals surface area contributed by atoms with E-state index < -0.39 is 11.9 Å². The van der Waals surface area contributed by atoms with Crippen molar-refractivity contribution >= 4 is 17.3 Å². The Morgan fingerprint density at radius 2 is 2.04 bits per heavy atom. The molecule has 0 amide bonds. The Morgan fingerprint density at radius 1 is 1.32 bits per heavy atom. The van der Waals surface area contributed by atoms with Crippen molar-refractivity contribution in [2.75, 3.05) is 26.7 Å². The summed E-state index contributed by atoms with van der Waals surface area (Å²) in [6.45, 7) is 2.75. The Bertz CT molecular complexity index is 589. The highest BCUT2D eigenvalue weighted by Crippen LogP contribution is 2.30. The van der Waals surface area contributed by atoms with Gasteiger partial charge in [0.25, 0.3) is 0 Å². The molecule has 1 aliphatic carbocycles. The highest BCUT2D eigenvalue weighted by molar-refractivity contribution is 7.09. The van der Waals surface area contributed by atoms with E-state index in [0.29, 0.717) is 30.0 Å². The van der Waals surface area contributed by atoms with E-state index in [1.807, 2.05) is 0 Å². The molecule has 1 aliphatic heterocycles. The number of halogens is 3. The molecule has 1 aromatic heterocycles. The SMILES string of the molecule is CN=C(NCCc1nc(C(F)(F)F)cs1)NC1CCN(C2CC2)CC1. The summed E-state index contributed by atoms with van der Waals surface area (Å²) in [6.07, 6.45) is 0.955. The highest BCUT2D eigenvalue weighted by Gasteiger charge is 2.34. The zero-order valence-corrected chi connectivity index (χ0v) is 15.1. The van der Waals surface area contributed by atoms with Gasteiger partial charge in [-0.3, -0.25) is 4.99 Å². The zero-order valence-electron chi connectivity index (χ0n) is 14.3. The minimum Gasteiger partial charge on any atom is -0.356 e. The summed E-state index contributed by atoms with van der Waals surface area (Å²) in [5, 5.41) is 8.13. The van der Waals surface area contributed by atoms with Crippen molar-refractivity contribution < 1.29 is 13.2 Å². The fourth-order valence-corrected chi connectivity index (χ4v) is 3.89. The molecule has 1 saturated carbocycles. The predicted molar refractivity (Wildman–Crippen MR) is 92.9 cm³/mol. The maximum atomic E-state index is 12.5. The topological polar surface area (TPSA) is 52.6 Å². The molecule has 2 N–H and O–H groups in total. The van der Waals surface area contributed by atoms with Gasteiger partial charge in [-0.25, -0.2) is 4.98 Å². The second-order valence-corrected chi connectivity index (χ2v) is 7.50. The van der Waals surface area contributed by atoms with E-state index in [0.717, 1.165) is 48.7 Å². The lowest BCUT2D eigenvalue weighted by Gasteiger charge is -2.33. The number of hydrogen-bond donors (Lipinski definition) is 2. The summed E-state index contributed by atoms with van der Waals surface area (Å²) in [4.78, 5) is 10.4. The number of aromatic nitrogens is 1. The molecule has 0 unspecified atom stereocenters. The molecule has 1 aromatic rings. The Kier molecular flexibility index (Phi) is 5.83. The summed E-state index contributed by atoms with van der Waals surface area (Å²) < 4.78 is 37.6. The quantitative estimate of drug-likeness (QED) is 0.613. The van der Waals surface area contributed by atoms with Gasteiger partial charge in [0.15, 0.2) is 11.7 Å². The molecule has 5 nitrogen and oxygen atoms in total. The van der Waals surface area contributed by atoms with Gasteiger partial charge in [0.2, 0.25) is 0 Å². The molecule has 0 spiro atoms. The van der Waals surface area contributed by atoms with Crippen molar-refractivity contribution in [3.05, 3.63) is 16.1 Å². The van der Waals surface area contributed by atoms with E-state index in [4.69, 9.17) is 0 Å². The van der Waals surface area contributed by atoms with Gasteiger partial charge in [-0.2, -0.15) is 13.2 Å². The normalized spacial score (nSPS) is 20.7. The van der Waals surface area contributed by atoms with Crippen LogP contribution >= 0.6 is 11.3 Å². The van der Waals surface area contributed by atoms with Crippen LogP contribution in [0.4, 0.5) is 13.2 Å². The molecule has 140 valence electrons. The first-order valence-electron chi connectivity index (χ1n) is 8.68. The van der Waals surface area contributed by atoms with Gasteiger partial charge < -0.3 is 15.5 Å². The van der Waals surface area contributed by atoms with Crippen LogP contribution in [-0.4, -0.2) is 54.6 Å². The number of hydrogen-bond acceptors (Lipinski definition) is 4. The van der Waals surface area contributed by atoms with Crippen LogP contribution in [0.25, 0.3) is 0 Å². The minimum absolute atomic E-state index is 0.401. The summed E-state index contributed by atoms with van der Waals surface area (Å²) >= 11 is 1.04. The summed E-state index contributed by atoms with van der Waals surface area (Å²) in [5.74, 6) is 0.706. The third-order valence-corrected chi connectivity index (χ3v) is 5.54. The van der Waals surface area contributed by atoms with Crippen molar-refractivity contribution in [2.45, 2.75) is 50.4 Å². The Morgan fingerprint density at radius 3 is 2.60 bits per heavy atom. The number of rotatable bonds is 5. The number of piperidine rings is 1. The standard InChI is InChI=1S/C16H24F3N5S/c1-20-15(22-11-5-8-24(9-6-11)12-2-3-12)21-7-4-14-23-13(10-25-14)16(17,18)19/h10-12H,2-9H2,1H3,(H2,20,21,22). The van der Waals surface area contributed by atoms with Crippen LogP contribution in [0.2, 0.25) is 0 Å². The first-order valence-corrected chi connectivity index (χ1v) is 9.56. The number of aliphatic imine (C=N–C) groups is 1. The Balaban J connectivity index is 1.38. The molecule has 2 aliphatic rings. The number of thiazole rings is 1. The van der Waals surface area contributed by atoms with Crippen molar-refractivity contribution in [1.82, 2.24) is 20.5 Å². The third-order valence-electron chi connectivity index (χ3n) is 4.63. The van der Waals surface area contributed by atoms with Gasteiger partial charge in [0, 0.05) is 50.6 Å². The van der Waals surface area contributed by atoms with Crippen molar-refractivity contribution in [1.29, 1.82) is 0 Å². The number of nitrogens with one attached hydrogen (secondary N) is 2. The van der Waals surface area contributed by atoms with Crippen LogP contribution in [0.3, 0.4) is 0 Å². The average molecular weight is 375 g/mol. The fourth-order valence-electron chi connectivity index (χ4n) is 3.08. The molecule has 3 rings (SSSR count). The van der Waals surface area contributed by atoms with Gasteiger partial charge in [0.1, 0.15) is 0 Å². The molecule has 2 heterocycles. The van der Waals surface area contributed by atoms with Crippen LogP contribution in [0.15, 0.2) is 10.4 Å². The second-order valence-electron chi connectivity index (χ2n) is 6.56. The zero-order chi connectivity index (χ0) is 17.9. The molecular formula is C16H24F3N5S. The molecule has 0 aromatic carbocycles. The minimum atomic E-state index is -4.37. The number of likely N-dealkylation sites (tertiary alicyclic amines) is 1. The molecule has 2 fully saturated rings. The van der Waals surface area contributed by atoms with E-state index in [2.05, 4.69) is 25.5 Å². The largest absolute Gasteiger partial charge is 0.434 e. The van der Waals surface area contributed by atoms with Gasteiger partial charge in [-0.15, -0.1) is 11.3 Å². The predicted octanol–water partition coefficient (Wildman–Crippen LogP) is 2.50. The molecule has 0 atom stereocenters. The molecule has 1 saturated heterocycles. The maximum Gasteiger partial charge on any atom is 0.434 e. The van der Waals surface area contributed by atoms with Crippen molar-refractivity contribution in [3.8, 4) is 0 Å².